The molecule has 1 aromatic rings. The van der Waals surface area contributed by atoms with Crippen molar-refractivity contribution in [2.24, 2.45) is 0 Å². The van der Waals surface area contributed by atoms with E-state index in [0.717, 1.165) is 6.42 Å². The lowest BCUT2D eigenvalue weighted by atomic mass is 10.1. The predicted octanol–water partition coefficient (Wildman–Crippen LogP) is 3.46. The van der Waals surface area contributed by atoms with Gasteiger partial charge in [-0.25, -0.2) is 0 Å². The maximum absolute atomic E-state index is 11.9. The van der Waals surface area contributed by atoms with Crippen LogP contribution in [-0.2, 0) is 6.42 Å². The first-order chi connectivity index (χ1) is 7.97. The highest BCUT2D eigenvalue weighted by molar-refractivity contribution is 8.00. The van der Waals surface area contributed by atoms with Gasteiger partial charge in [0, 0.05) is 18.3 Å². The quantitative estimate of drug-likeness (QED) is 0.789. The Hall–Kier alpha value is -0.680. The molecule has 0 heterocycles. The standard InChI is InChI=1S/C12H16F3NS/c1-10(9-11-5-3-2-4-6-11)16-7-8-17-12(13,14)15/h2-6,10,16H,7-9H2,1H3. The molecule has 0 radical (unpaired) electrons. The molecule has 1 rings (SSSR count). The predicted molar refractivity (Wildman–Crippen MR) is 66.1 cm³/mol. The van der Waals surface area contributed by atoms with Crippen LogP contribution in [0.5, 0.6) is 0 Å². The molecule has 1 aromatic carbocycles. The van der Waals surface area contributed by atoms with Gasteiger partial charge in [0.05, 0.1) is 0 Å². The lowest BCUT2D eigenvalue weighted by molar-refractivity contribution is -0.0327. The van der Waals surface area contributed by atoms with Crippen molar-refractivity contribution >= 4 is 11.8 Å². The number of alkyl halides is 3. The topological polar surface area (TPSA) is 12.0 Å². The van der Waals surface area contributed by atoms with Crippen LogP contribution in [0.3, 0.4) is 0 Å². The molecule has 1 nitrogen and oxygen atoms in total. The van der Waals surface area contributed by atoms with E-state index in [2.05, 4.69) is 5.32 Å². The van der Waals surface area contributed by atoms with Crippen LogP contribution in [0.1, 0.15) is 12.5 Å². The van der Waals surface area contributed by atoms with Crippen molar-refractivity contribution in [3.8, 4) is 0 Å². The van der Waals surface area contributed by atoms with Crippen LogP contribution in [0.25, 0.3) is 0 Å². The molecule has 1 N–H and O–H groups in total. The number of halogens is 3. The molecule has 17 heavy (non-hydrogen) atoms. The van der Waals surface area contributed by atoms with Crippen LogP contribution >= 0.6 is 11.8 Å². The molecule has 0 aromatic heterocycles. The van der Waals surface area contributed by atoms with Gasteiger partial charge in [0.25, 0.3) is 0 Å². The molecule has 0 aliphatic rings. The van der Waals surface area contributed by atoms with E-state index >= 15 is 0 Å². The van der Waals surface area contributed by atoms with Gasteiger partial charge in [-0.15, -0.1) is 0 Å². The summed E-state index contributed by atoms with van der Waals surface area (Å²) < 4.78 is 35.6. The number of hydrogen-bond acceptors (Lipinski definition) is 2. The monoisotopic (exact) mass is 263 g/mol. The van der Waals surface area contributed by atoms with E-state index in [-0.39, 0.29) is 23.6 Å². The summed E-state index contributed by atoms with van der Waals surface area (Å²) in [6.07, 6.45) is 0.831. The fraction of sp³-hybridized carbons (Fsp3) is 0.500. The lowest BCUT2D eigenvalue weighted by Gasteiger charge is -2.14. The van der Waals surface area contributed by atoms with E-state index in [1.165, 1.54) is 5.56 Å². The van der Waals surface area contributed by atoms with Crippen molar-refractivity contribution in [3.63, 3.8) is 0 Å². The molecular weight excluding hydrogens is 247 g/mol. The van der Waals surface area contributed by atoms with Crippen molar-refractivity contribution in [1.29, 1.82) is 0 Å². The van der Waals surface area contributed by atoms with E-state index in [0.29, 0.717) is 6.54 Å². The second-order valence-electron chi connectivity index (χ2n) is 3.84. The van der Waals surface area contributed by atoms with Crippen LogP contribution in [-0.4, -0.2) is 23.8 Å². The number of nitrogens with one attached hydrogen (secondary N) is 1. The molecule has 0 saturated carbocycles. The van der Waals surface area contributed by atoms with Gasteiger partial charge >= 0.3 is 5.51 Å². The molecule has 0 bridgehead atoms. The summed E-state index contributed by atoms with van der Waals surface area (Å²) in [6, 6.07) is 10.1. The van der Waals surface area contributed by atoms with Crippen molar-refractivity contribution < 1.29 is 13.2 Å². The van der Waals surface area contributed by atoms with Gasteiger partial charge < -0.3 is 5.32 Å². The first-order valence-corrected chi connectivity index (χ1v) is 6.44. The normalized spacial score (nSPS) is 13.6. The molecule has 0 fully saturated rings. The number of thioether (sulfide) groups is 1. The first kappa shape index (κ1) is 14.4. The Morgan fingerprint density at radius 3 is 2.47 bits per heavy atom. The van der Waals surface area contributed by atoms with Gasteiger partial charge in [0.1, 0.15) is 0 Å². The second kappa shape index (κ2) is 6.91. The van der Waals surface area contributed by atoms with E-state index < -0.39 is 5.51 Å². The van der Waals surface area contributed by atoms with E-state index in [1.54, 1.807) is 0 Å². The Balaban J connectivity index is 2.16. The van der Waals surface area contributed by atoms with Crippen molar-refractivity contribution in [2.75, 3.05) is 12.3 Å². The van der Waals surface area contributed by atoms with Crippen LogP contribution in [0, 0.1) is 0 Å². The molecule has 0 saturated heterocycles. The van der Waals surface area contributed by atoms with Crippen molar-refractivity contribution in [3.05, 3.63) is 35.9 Å². The fourth-order valence-corrected chi connectivity index (χ4v) is 1.96. The average molecular weight is 263 g/mol. The molecule has 0 amide bonds. The summed E-state index contributed by atoms with van der Waals surface area (Å²) in [7, 11) is 0. The third-order valence-electron chi connectivity index (χ3n) is 2.25. The lowest BCUT2D eigenvalue weighted by Crippen LogP contribution is -2.30. The van der Waals surface area contributed by atoms with Gasteiger partial charge in [0.15, 0.2) is 0 Å². The van der Waals surface area contributed by atoms with Crippen molar-refractivity contribution in [2.45, 2.75) is 24.9 Å². The van der Waals surface area contributed by atoms with Crippen LogP contribution in [0.15, 0.2) is 30.3 Å². The Bertz CT molecular complexity index is 313. The molecule has 96 valence electrons. The maximum atomic E-state index is 11.9. The number of hydrogen-bond donors (Lipinski definition) is 1. The summed E-state index contributed by atoms with van der Waals surface area (Å²) in [5.74, 6) is 0.0582. The highest BCUT2D eigenvalue weighted by Crippen LogP contribution is 2.29. The van der Waals surface area contributed by atoms with Gasteiger partial charge in [-0.3, -0.25) is 0 Å². The highest BCUT2D eigenvalue weighted by atomic mass is 32.2. The van der Waals surface area contributed by atoms with Crippen molar-refractivity contribution in [1.82, 2.24) is 5.32 Å². The van der Waals surface area contributed by atoms with Crippen LogP contribution in [0.2, 0.25) is 0 Å². The third kappa shape index (κ3) is 7.28. The van der Waals surface area contributed by atoms with Crippen LogP contribution in [0.4, 0.5) is 13.2 Å². The number of rotatable bonds is 6. The second-order valence-corrected chi connectivity index (χ2v) is 5.00. The molecule has 0 aliphatic heterocycles. The fourth-order valence-electron chi connectivity index (χ4n) is 1.51. The Labute approximate surface area is 104 Å². The third-order valence-corrected chi connectivity index (χ3v) is 2.98. The number of benzene rings is 1. The Morgan fingerprint density at radius 1 is 1.24 bits per heavy atom. The smallest absolute Gasteiger partial charge is 0.313 e. The summed E-state index contributed by atoms with van der Waals surface area (Å²) in [4.78, 5) is 0. The molecule has 0 spiro atoms. The van der Waals surface area contributed by atoms with E-state index in [4.69, 9.17) is 0 Å². The zero-order valence-corrected chi connectivity index (χ0v) is 10.4. The van der Waals surface area contributed by atoms with Gasteiger partial charge in [-0.1, -0.05) is 30.3 Å². The molecule has 0 aliphatic carbocycles. The average Bonchev–Trinajstić information content (AvgIpc) is 2.25. The summed E-state index contributed by atoms with van der Waals surface area (Å²) >= 11 is 0.0194. The SMILES string of the molecule is CC(Cc1ccccc1)NCCSC(F)(F)F. The molecule has 5 heteroatoms. The first-order valence-electron chi connectivity index (χ1n) is 5.45. The summed E-state index contributed by atoms with van der Waals surface area (Å²) in [5.41, 5.74) is -2.93. The Kier molecular flexibility index (Phi) is 5.85. The summed E-state index contributed by atoms with van der Waals surface area (Å²) in [5, 5.41) is 3.08. The van der Waals surface area contributed by atoms with E-state index in [9.17, 15) is 13.2 Å². The van der Waals surface area contributed by atoms with E-state index in [1.807, 2.05) is 37.3 Å². The molecule has 1 atom stereocenters. The Morgan fingerprint density at radius 2 is 1.88 bits per heavy atom. The maximum Gasteiger partial charge on any atom is 0.441 e. The minimum atomic E-state index is -4.12. The minimum Gasteiger partial charge on any atom is -0.313 e. The van der Waals surface area contributed by atoms with Crippen LogP contribution < -0.4 is 5.32 Å². The molecule has 1 unspecified atom stereocenters. The van der Waals surface area contributed by atoms with Gasteiger partial charge in [-0.05, 0) is 30.7 Å². The zero-order chi connectivity index (χ0) is 12.7. The van der Waals surface area contributed by atoms with Gasteiger partial charge in [-0.2, -0.15) is 13.2 Å². The zero-order valence-electron chi connectivity index (χ0n) is 9.63. The summed E-state index contributed by atoms with van der Waals surface area (Å²) in [6.45, 7) is 2.35. The highest BCUT2D eigenvalue weighted by Gasteiger charge is 2.27. The largest absolute Gasteiger partial charge is 0.441 e. The minimum absolute atomic E-state index is 0.0194. The molecular formula is C12H16F3NS. The van der Waals surface area contributed by atoms with Gasteiger partial charge in [0.2, 0.25) is 0 Å².